The average molecular weight is 459 g/mol. The van der Waals surface area contributed by atoms with Crippen molar-refractivity contribution in [2.75, 3.05) is 17.3 Å². The second-order valence-electron chi connectivity index (χ2n) is 6.85. The van der Waals surface area contributed by atoms with Crippen molar-refractivity contribution in [1.82, 2.24) is 9.78 Å². The van der Waals surface area contributed by atoms with Crippen molar-refractivity contribution in [1.29, 1.82) is 0 Å². The fraction of sp³-hybridized carbons (Fsp3) is 0.200. The predicted molar refractivity (Wildman–Crippen MR) is 121 cm³/mol. The molecule has 1 heterocycles. The number of nitro groups is 1. The van der Waals surface area contributed by atoms with Crippen LogP contribution in [0.1, 0.15) is 17.0 Å². The Kier molecular flexibility index (Phi) is 6.44. The van der Waals surface area contributed by atoms with E-state index in [1.54, 1.807) is 23.9 Å². The van der Waals surface area contributed by atoms with Crippen molar-refractivity contribution >= 4 is 33.3 Å². The minimum absolute atomic E-state index is 0.0499. The quantitative estimate of drug-likeness (QED) is 0.300. The number of ether oxygens (including phenoxy) is 1. The van der Waals surface area contributed by atoms with Crippen LogP contribution in [0.25, 0.3) is 0 Å². The van der Waals surface area contributed by atoms with Crippen molar-refractivity contribution in [2.24, 2.45) is 12.1 Å². The van der Waals surface area contributed by atoms with Crippen LogP contribution in [0.4, 0.5) is 17.1 Å². The fourth-order valence-electron chi connectivity index (χ4n) is 2.94. The van der Waals surface area contributed by atoms with E-state index in [1.807, 2.05) is 13.8 Å². The Morgan fingerprint density at radius 2 is 1.88 bits per heavy atom. The van der Waals surface area contributed by atoms with Crippen LogP contribution >= 0.6 is 0 Å². The molecule has 0 aliphatic carbocycles. The van der Waals surface area contributed by atoms with Gasteiger partial charge in [0, 0.05) is 30.1 Å². The number of nitro benzene ring substituents is 1. The summed E-state index contributed by atoms with van der Waals surface area (Å²) in [5, 5.41) is 19.9. The van der Waals surface area contributed by atoms with Gasteiger partial charge in [0.2, 0.25) is 0 Å². The third kappa shape index (κ3) is 4.86. The number of benzene rings is 2. The van der Waals surface area contributed by atoms with Gasteiger partial charge >= 0.3 is 0 Å². The van der Waals surface area contributed by atoms with E-state index in [1.165, 1.54) is 37.6 Å². The first kappa shape index (κ1) is 22.7. The minimum Gasteiger partial charge on any atom is -0.497 e. The standard InChI is InChI=1S/C20H22N6O5S/c1-13-18(14(2)25(3)23-13)12-21-22-19-10-9-17(11-20(19)26(27)28)32(29,30)24-15-5-7-16(31-4)8-6-15/h5-12,22,24H,1-4H3/b21-12+. The molecule has 0 aliphatic rings. The highest BCUT2D eigenvalue weighted by atomic mass is 32.2. The summed E-state index contributed by atoms with van der Waals surface area (Å²) in [6, 6.07) is 9.77. The van der Waals surface area contributed by atoms with E-state index in [0.717, 1.165) is 23.0 Å². The Balaban J connectivity index is 1.84. The van der Waals surface area contributed by atoms with Gasteiger partial charge in [-0.05, 0) is 50.2 Å². The Morgan fingerprint density at radius 3 is 2.44 bits per heavy atom. The van der Waals surface area contributed by atoms with Gasteiger partial charge in [-0.1, -0.05) is 0 Å². The van der Waals surface area contributed by atoms with Gasteiger partial charge in [-0.15, -0.1) is 0 Å². The number of hydrogen-bond donors (Lipinski definition) is 2. The normalized spacial score (nSPS) is 11.5. The lowest BCUT2D eigenvalue weighted by molar-refractivity contribution is -0.384. The number of sulfonamides is 1. The molecule has 2 N–H and O–H groups in total. The monoisotopic (exact) mass is 458 g/mol. The van der Waals surface area contributed by atoms with Gasteiger partial charge in [-0.3, -0.25) is 24.9 Å². The molecule has 3 aromatic rings. The third-order valence-corrected chi connectivity index (χ3v) is 6.14. The summed E-state index contributed by atoms with van der Waals surface area (Å²) in [4.78, 5) is 10.6. The number of anilines is 2. The summed E-state index contributed by atoms with van der Waals surface area (Å²) in [5.74, 6) is 0.566. The predicted octanol–water partition coefficient (Wildman–Crippen LogP) is 3.20. The molecule has 0 fully saturated rings. The second kappa shape index (κ2) is 9.06. The summed E-state index contributed by atoms with van der Waals surface area (Å²) in [6.45, 7) is 3.70. The van der Waals surface area contributed by atoms with E-state index < -0.39 is 20.6 Å². The van der Waals surface area contributed by atoms with Crippen molar-refractivity contribution < 1.29 is 18.1 Å². The highest BCUT2D eigenvalue weighted by molar-refractivity contribution is 7.92. The van der Waals surface area contributed by atoms with Crippen LogP contribution in [-0.2, 0) is 17.1 Å². The summed E-state index contributed by atoms with van der Waals surface area (Å²) >= 11 is 0. The number of nitrogens with zero attached hydrogens (tertiary/aromatic N) is 4. The summed E-state index contributed by atoms with van der Waals surface area (Å²) in [5.41, 5.74) is 4.95. The van der Waals surface area contributed by atoms with Gasteiger partial charge in [-0.2, -0.15) is 10.2 Å². The van der Waals surface area contributed by atoms with Crippen LogP contribution < -0.4 is 14.9 Å². The van der Waals surface area contributed by atoms with Crippen LogP contribution in [0.15, 0.2) is 52.5 Å². The van der Waals surface area contributed by atoms with Gasteiger partial charge in [0.1, 0.15) is 11.4 Å². The molecular formula is C20H22N6O5S. The van der Waals surface area contributed by atoms with E-state index in [0.29, 0.717) is 11.4 Å². The highest BCUT2D eigenvalue weighted by Gasteiger charge is 2.21. The van der Waals surface area contributed by atoms with Crippen LogP contribution in [0.2, 0.25) is 0 Å². The molecule has 1 aromatic heterocycles. The molecule has 0 spiro atoms. The zero-order chi connectivity index (χ0) is 23.5. The number of aryl methyl sites for hydroxylation is 2. The van der Waals surface area contributed by atoms with E-state index in [2.05, 4.69) is 20.3 Å². The Morgan fingerprint density at radius 1 is 1.19 bits per heavy atom. The SMILES string of the molecule is COc1ccc(NS(=O)(=O)c2ccc(N/N=C/c3c(C)nn(C)c3C)c([N+](=O)[O-])c2)cc1. The van der Waals surface area contributed by atoms with Crippen molar-refractivity contribution in [2.45, 2.75) is 18.7 Å². The topological polar surface area (TPSA) is 141 Å². The van der Waals surface area contributed by atoms with Crippen LogP contribution in [-0.4, -0.2) is 36.4 Å². The molecule has 12 heteroatoms. The number of nitrogens with one attached hydrogen (secondary N) is 2. The van der Waals surface area contributed by atoms with Gasteiger partial charge in [0.05, 0.1) is 28.8 Å². The summed E-state index contributed by atoms with van der Waals surface area (Å²) in [6.07, 6.45) is 1.51. The number of methoxy groups -OCH3 is 1. The number of rotatable bonds is 8. The molecule has 2 aromatic carbocycles. The van der Waals surface area contributed by atoms with E-state index in [4.69, 9.17) is 4.74 Å². The van der Waals surface area contributed by atoms with Crippen molar-refractivity contribution in [3.05, 3.63) is 69.5 Å². The van der Waals surface area contributed by atoms with Crippen LogP contribution in [0.3, 0.4) is 0 Å². The minimum atomic E-state index is -4.05. The smallest absolute Gasteiger partial charge is 0.295 e. The van der Waals surface area contributed by atoms with Gasteiger partial charge in [0.25, 0.3) is 15.7 Å². The van der Waals surface area contributed by atoms with Crippen molar-refractivity contribution in [3.8, 4) is 5.75 Å². The van der Waals surface area contributed by atoms with E-state index in [-0.39, 0.29) is 10.6 Å². The highest BCUT2D eigenvalue weighted by Crippen LogP contribution is 2.29. The summed E-state index contributed by atoms with van der Waals surface area (Å²) < 4.78 is 34.5. The van der Waals surface area contributed by atoms with Crippen molar-refractivity contribution in [3.63, 3.8) is 0 Å². The Hall–Kier alpha value is -3.93. The molecule has 11 nitrogen and oxygen atoms in total. The van der Waals surface area contributed by atoms with Gasteiger partial charge < -0.3 is 4.74 Å². The molecule has 0 saturated carbocycles. The Bertz CT molecular complexity index is 1280. The Labute approximate surface area is 184 Å². The fourth-order valence-corrected chi connectivity index (χ4v) is 4.02. The van der Waals surface area contributed by atoms with Crippen LogP contribution in [0.5, 0.6) is 5.75 Å². The maximum absolute atomic E-state index is 12.7. The molecule has 0 saturated heterocycles. The van der Waals surface area contributed by atoms with E-state index in [9.17, 15) is 18.5 Å². The lowest BCUT2D eigenvalue weighted by Crippen LogP contribution is -2.13. The summed E-state index contributed by atoms with van der Waals surface area (Å²) in [7, 11) is -0.750. The molecular weight excluding hydrogens is 436 g/mol. The zero-order valence-corrected chi connectivity index (χ0v) is 18.7. The molecule has 0 radical (unpaired) electrons. The average Bonchev–Trinajstić information content (AvgIpc) is 2.99. The molecule has 0 atom stereocenters. The molecule has 3 rings (SSSR count). The second-order valence-corrected chi connectivity index (χ2v) is 8.53. The first-order chi connectivity index (χ1) is 15.1. The number of hydrogen-bond acceptors (Lipinski definition) is 8. The largest absolute Gasteiger partial charge is 0.497 e. The lowest BCUT2D eigenvalue weighted by atomic mass is 10.2. The van der Waals surface area contributed by atoms with Gasteiger partial charge in [0.15, 0.2) is 0 Å². The molecule has 32 heavy (non-hydrogen) atoms. The number of hydrazone groups is 1. The molecule has 0 bridgehead atoms. The molecule has 0 aliphatic heterocycles. The maximum atomic E-state index is 12.7. The molecule has 168 valence electrons. The molecule has 0 amide bonds. The molecule has 0 unspecified atom stereocenters. The maximum Gasteiger partial charge on any atom is 0.295 e. The zero-order valence-electron chi connectivity index (χ0n) is 17.9. The number of aromatic nitrogens is 2. The third-order valence-electron chi connectivity index (χ3n) is 4.76. The lowest BCUT2D eigenvalue weighted by Gasteiger charge is -2.10. The first-order valence-corrected chi connectivity index (χ1v) is 10.9. The van der Waals surface area contributed by atoms with E-state index >= 15 is 0 Å². The van der Waals surface area contributed by atoms with Crippen LogP contribution in [0, 0.1) is 24.0 Å². The first-order valence-electron chi connectivity index (χ1n) is 9.37. The van der Waals surface area contributed by atoms with Gasteiger partial charge in [-0.25, -0.2) is 8.42 Å².